The van der Waals surface area contributed by atoms with Crippen LogP contribution in [0.4, 0.5) is 4.79 Å². The molecule has 1 aromatic rings. The fraction of sp³-hybridized carbons (Fsp3) is 0.353. The SMILES string of the molecule is CCCCCCN1C(=O)NC(=O)C(=Cc2ccccc2Cl)C1=O. The zero-order valence-corrected chi connectivity index (χ0v) is 13.7. The van der Waals surface area contributed by atoms with Gasteiger partial charge in [0.15, 0.2) is 0 Å². The molecule has 0 aliphatic carbocycles. The fourth-order valence-electron chi connectivity index (χ4n) is 2.34. The van der Waals surface area contributed by atoms with Gasteiger partial charge in [0, 0.05) is 11.6 Å². The summed E-state index contributed by atoms with van der Waals surface area (Å²) in [5, 5.41) is 2.64. The van der Waals surface area contributed by atoms with Crippen LogP contribution in [-0.4, -0.2) is 29.3 Å². The normalized spacial score (nSPS) is 16.9. The van der Waals surface area contributed by atoms with Crippen molar-refractivity contribution >= 4 is 35.5 Å². The molecule has 0 unspecified atom stereocenters. The standard InChI is InChI=1S/C17H19ClN2O3/c1-2-3-4-7-10-20-16(22)13(15(21)19-17(20)23)11-12-8-5-6-9-14(12)18/h5-6,8-9,11H,2-4,7,10H2,1H3,(H,19,21,23). The van der Waals surface area contributed by atoms with Crippen LogP contribution in [0, 0.1) is 0 Å². The van der Waals surface area contributed by atoms with Crippen LogP contribution in [0.3, 0.4) is 0 Å². The lowest BCUT2D eigenvalue weighted by Crippen LogP contribution is -2.54. The van der Waals surface area contributed by atoms with E-state index in [9.17, 15) is 14.4 Å². The summed E-state index contributed by atoms with van der Waals surface area (Å²) in [4.78, 5) is 37.4. The summed E-state index contributed by atoms with van der Waals surface area (Å²) in [6.07, 6.45) is 5.19. The largest absolute Gasteiger partial charge is 0.331 e. The van der Waals surface area contributed by atoms with Gasteiger partial charge in [0.1, 0.15) is 5.57 Å². The zero-order valence-electron chi connectivity index (χ0n) is 13.0. The first-order chi connectivity index (χ1) is 11.0. The van der Waals surface area contributed by atoms with Crippen molar-refractivity contribution in [3.8, 4) is 0 Å². The number of unbranched alkanes of at least 4 members (excludes halogenated alkanes) is 3. The van der Waals surface area contributed by atoms with Gasteiger partial charge in [-0.3, -0.25) is 19.8 Å². The maximum Gasteiger partial charge on any atom is 0.331 e. The highest BCUT2D eigenvalue weighted by Crippen LogP contribution is 2.21. The van der Waals surface area contributed by atoms with Crippen molar-refractivity contribution in [2.75, 3.05) is 6.54 Å². The molecular formula is C17H19ClN2O3. The second-order valence-corrected chi connectivity index (χ2v) is 5.76. The summed E-state index contributed by atoms with van der Waals surface area (Å²) in [5.74, 6) is -1.26. The number of urea groups is 1. The lowest BCUT2D eigenvalue weighted by atomic mass is 10.1. The number of rotatable bonds is 6. The molecule has 0 aromatic heterocycles. The van der Waals surface area contributed by atoms with E-state index in [2.05, 4.69) is 12.2 Å². The van der Waals surface area contributed by atoms with Gasteiger partial charge in [-0.2, -0.15) is 0 Å². The first kappa shape index (κ1) is 17.2. The number of nitrogens with one attached hydrogen (secondary N) is 1. The van der Waals surface area contributed by atoms with Gasteiger partial charge < -0.3 is 0 Å². The molecule has 23 heavy (non-hydrogen) atoms. The van der Waals surface area contributed by atoms with Gasteiger partial charge in [-0.15, -0.1) is 0 Å². The highest BCUT2D eigenvalue weighted by molar-refractivity contribution is 6.34. The number of imide groups is 2. The molecule has 0 bridgehead atoms. The summed E-state index contributed by atoms with van der Waals surface area (Å²) >= 11 is 6.05. The van der Waals surface area contributed by atoms with E-state index in [0.29, 0.717) is 17.1 Å². The Bertz CT molecular complexity index is 655. The number of amides is 4. The van der Waals surface area contributed by atoms with Crippen molar-refractivity contribution in [2.24, 2.45) is 0 Å². The molecule has 1 fully saturated rings. The zero-order chi connectivity index (χ0) is 16.8. The van der Waals surface area contributed by atoms with Crippen molar-refractivity contribution in [1.29, 1.82) is 0 Å². The molecule has 0 saturated carbocycles. The first-order valence-corrected chi connectivity index (χ1v) is 8.05. The van der Waals surface area contributed by atoms with Gasteiger partial charge in [-0.25, -0.2) is 4.79 Å². The Kier molecular flexibility index (Phi) is 5.93. The summed E-state index contributed by atoms with van der Waals surface area (Å²) in [6, 6.07) is 6.24. The molecule has 1 aromatic carbocycles. The number of nitrogens with zero attached hydrogens (tertiary/aromatic N) is 1. The van der Waals surface area contributed by atoms with Crippen molar-refractivity contribution < 1.29 is 14.4 Å². The van der Waals surface area contributed by atoms with E-state index in [-0.39, 0.29) is 5.57 Å². The summed E-state index contributed by atoms with van der Waals surface area (Å²) in [6.45, 7) is 2.39. The van der Waals surface area contributed by atoms with Crippen LogP contribution in [0.5, 0.6) is 0 Å². The molecule has 1 saturated heterocycles. The molecule has 122 valence electrons. The van der Waals surface area contributed by atoms with Gasteiger partial charge in [-0.05, 0) is 24.1 Å². The van der Waals surface area contributed by atoms with Crippen LogP contribution in [0.15, 0.2) is 29.8 Å². The van der Waals surface area contributed by atoms with Gasteiger partial charge in [-0.1, -0.05) is 56.0 Å². The number of benzene rings is 1. The second-order valence-electron chi connectivity index (χ2n) is 5.36. The Balaban J connectivity index is 2.19. The molecule has 6 heteroatoms. The predicted octanol–water partition coefficient (Wildman–Crippen LogP) is 3.38. The molecule has 4 amide bonds. The number of carbonyl (C=O) groups is 3. The van der Waals surface area contributed by atoms with E-state index in [1.165, 1.54) is 6.08 Å². The Morgan fingerprint density at radius 2 is 1.87 bits per heavy atom. The highest BCUT2D eigenvalue weighted by atomic mass is 35.5. The third-order valence-electron chi connectivity index (χ3n) is 3.63. The Morgan fingerprint density at radius 3 is 2.57 bits per heavy atom. The summed E-state index contributed by atoms with van der Waals surface area (Å²) in [5.41, 5.74) is 0.487. The monoisotopic (exact) mass is 334 g/mol. The maximum absolute atomic E-state index is 12.5. The van der Waals surface area contributed by atoms with Gasteiger partial charge >= 0.3 is 6.03 Å². The average Bonchev–Trinajstić information content (AvgIpc) is 2.52. The molecule has 1 aliphatic rings. The van der Waals surface area contributed by atoms with Crippen LogP contribution in [-0.2, 0) is 9.59 Å². The molecule has 1 aliphatic heterocycles. The lowest BCUT2D eigenvalue weighted by Gasteiger charge is -2.26. The van der Waals surface area contributed by atoms with Crippen LogP contribution in [0.25, 0.3) is 6.08 Å². The Labute approximate surface area is 140 Å². The van der Waals surface area contributed by atoms with Crippen molar-refractivity contribution in [3.63, 3.8) is 0 Å². The number of barbiturate groups is 1. The van der Waals surface area contributed by atoms with Gasteiger partial charge in [0.05, 0.1) is 0 Å². The molecule has 0 atom stereocenters. The number of halogens is 1. The van der Waals surface area contributed by atoms with Crippen LogP contribution < -0.4 is 5.32 Å². The molecular weight excluding hydrogens is 316 g/mol. The minimum absolute atomic E-state index is 0.0757. The molecule has 5 nitrogen and oxygen atoms in total. The predicted molar refractivity (Wildman–Crippen MR) is 88.8 cm³/mol. The maximum atomic E-state index is 12.5. The summed E-state index contributed by atoms with van der Waals surface area (Å²) < 4.78 is 0. The van der Waals surface area contributed by atoms with E-state index in [1.54, 1.807) is 24.3 Å². The van der Waals surface area contributed by atoms with Crippen LogP contribution in [0.2, 0.25) is 5.02 Å². The van der Waals surface area contributed by atoms with Crippen molar-refractivity contribution in [2.45, 2.75) is 32.6 Å². The van der Waals surface area contributed by atoms with E-state index < -0.39 is 17.8 Å². The topological polar surface area (TPSA) is 66.5 Å². The molecule has 1 heterocycles. The lowest BCUT2D eigenvalue weighted by molar-refractivity contribution is -0.130. The third kappa shape index (κ3) is 4.20. The number of carbonyl (C=O) groups excluding carboxylic acids is 3. The quantitative estimate of drug-likeness (QED) is 0.492. The van der Waals surface area contributed by atoms with Crippen LogP contribution in [0.1, 0.15) is 38.2 Å². The molecule has 2 rings (SSSR count). The van der Waals surface area contributed by atoms with E-state index in [1.807, 2.05) is 0 Å². The number of hydrogen-bond acceptors (Lipinski definition) is 3. The minimum Gasteiger partial charge on any atom is -0.273 e. The summed E-state index contributed by atoms with van der Waals surface area (Å²) in [7, 11) is 0. The van der Waals surface area contributed by atoms with Gasteiger partial charge in [0.2, 0.25) is 0 Å². The average molecular weight is 335 g/mol. The van der Waals surface area contributed by atoms with Crippen molar-refractivity contribution in [3.05, 3.63) is 40.4 Å². The third-order valence-corrected chi connectivity index (χ3v) is 3.97. The van der Waals surface area contributed by atoms with E-state index >= 15 is 0 Å². The molecule has 0 radical (unpaired) electrons. The van der Waals surface area contributed by atoms with Crippen molar-refractivity contribution in [1.82, 2.24) is 10.2 Å². The van der Waals surface area contributed by atoms with E-state index in [0.717, 1.165) is 30.6 Å². The Hall–Kier alpha value is -2.14. The van der Waals surface area contributed by atoms with E-state index in [4.69, 9.17) is 11.6 Å². The molecule has 0 spiro atoms. The first-order valence-electron chi connectivity index (χ1n) is 7.68. The minimum atomic E-state index is -0.690. The second kappa shape index (κ2) is 7.92. The fourth-order valence-corrected chi connectivity index (χ4v) is 2.53. The smallest absolute Gasteiger partial charge is 0.273 e. The van der Waals surface area contributed by atoms with Gasteiger partial charge in [0.25, 0.3) is 11.8 Å². The van der Waals surface area contributed by atoms with Crippen LogP contribution >= 0.6 is 11.6 Å². The Morgan fingerprint density at radius 1 is 1.13 bits per heavy atom. The molecule has 1 N–H and O–H groups in total. The number of hydrogen-bond donors (Lipinski definition) is 1. The highest BCUT2D eigenvalue weighted by Gasteiger charge is 2.35.